The number of benzene rings is 2. The lowest BCUT2D eigenvalue weighted by molar-refractivity contribution is -0.118. The van der Waals surface area contributed by atoms with Gasteiger partial charge in [0.25, 0.3) is 5.56 Å². The van der Waals surface area contributed by atoms with Crippen molar-refractivity contribution in [1.29, 1.82) is 0 Å². The van der Waals surface area contributed by atoms with E-state index in [0.717, 1.165) is 16.5 Å². The first-order valence-corrected chi connectivity index (χ1v) is 8.07. The Balaban J connectivity index is 1.94. The Hall–Kier alpha value is -3.08. The molecule has 0 aliphatic rings. The van der Waals surface area contributed by atoms with Crippen molar-refractivity contribution in [3.8, 4) is 5.75 Å². The van der Waals surface area contributed by atoms with Gasteiger partial charge in [-0.25, -0.2) is 0 Å². The molecule has 5 nitrogen and oxygen atoms in total. The van der Waals surface area contributed by atoms with Crippen molar-refractivity contribution in [2.45, 2.75) is 19.9 Å². The van der Waals surface area contributed by atoms with Crippen molar-refractivity contribution >= 4 is 22.5 Å². The zero-order valence-corrected chi connectivity index (χ0v) is 14.4. The molecule has 0 saturated heterocycles. The van der Waals surface area contributed by atoms with Crippen molar-refractivity contribution < 1.29 is 9.53 Å². The fourth-order valence-electron chi connectivity index (χ4n) is 2.91. The summed E-state index contributed by atoms with van der Waals surface area (Å²) in [5.41, 5.74) is 2.13. The van der Waals surface area contributed by atoms with E-state index in [0.29, 0.717) is 11.4 Å². The third kappa shape index (κ3) is 3.26. The third-order valence-electron chi connectivity index (χ3n) is 4.29. The van der Waals surface area contributed by atoms with Crippen LogP contribution in [-0.4, -0.2) is 17.6 Å². The second-order valence-electron chi connectivity index (χ2n) is 5.95. The molecule has 1 atom stereocenters. The fourth-order valence-corrected chi connectivity index (χ4v) is 2.91. The Labute approximate surface area is 145 Å². The molecule has 3 aromatic rings. The lowest BCUT2D eigenvalue weighted by Gasteiger charge is -2.18. The van der Waals surface area contributed by atoms with Crippen LogP contribution in [-0.2, 0) is 4.79 Å². The highest BCUT2D eigenvalue weighted by Gasteiger charge is 2.19. The maximum Gasteiger partial charge on any atom is 0.252 e. The number of anilines is 1. The first kappa shape index (κ1) is 16.8. The predicted octanol–water partition coefficient (Wildman–Crippen LogP) is 3.52. The number of nitrogens with one attached hydrogen (secondary N) is 1. The molecule has 25 heavy (non-hydrogen) atoms. The molecule has 1 aromatic heterocycles. The summed E-state index contributed by atoms with van der Waals surface area (Å²) in [7, 11) is 1.59. The molecular weight excluding hydrogens is 316 g/mol. The number of nitrogens with zero attached hydrogens (tertiary/aromatic N) is 1. The molecule has 128 valence electrons. The lowest BCUT2D eigenvalue weighted by atomic mass is 10.1. The second kappa shape index (κ2) is 6.81. The van der Waals surface area contributed by atoms with Gasteiger partial charge in [-0.3, -0.25) is 14.2 Å². The average molecular weight is 336 g/mol. The van der Waals surface area contributed by atoms with Gasteiger partial charge in [-0.2, -0.15) is 0 Å². The molecule has 0 aliphatic carbocycles. The number of aryl methyl sites for hydroxylation is 1. The van der Waals surface area contributed by atoms with Crippen LogP contribution in [0, 0.1) is 6.92 Å². The van der Waals surface area contributed by atoms with Gasteiger partial charge in [-0.15, -0.1) is 0 Å². The Morgan fingerprint density at radius 1 is 1.12 bits per heavy atom. The number of pyridine rings is 1. The molecule has 1 amide bonds. The van der Waals surface area contributed by atoms with Crippen LogP contribution in [0.4, 0.5) is 5.69 Å². The number of carbonyl (C=O) groups is 1. The van der Waals surface area contributed by atoms with Crippen LogP contribution in [0.5, 0.6) is 5.75 Å². The van der Waals surface area contributed by atoms with Gasteiger partial charge in [0.2, 0.25) is 5.91 Å². The van der Waals surface area contributed by atoms with Crippen LogP contribution in [0.2, 0.25) is 0 Å². The number of amides is 1. The highest BCUT2D eigenvalue weighted by molar-refractivity contribution is 5.95. The van der Waals surface area contributed by atoms with E-state index in [1.54, 1.807) is 44.4 Å². The molecular formula is C20H20N2O3. The highest BCUT2D eigenvalue weighted by atomic mass is 16.5. The van der Waals surface area contributed by atoms with Crippen molar-refractivity contribution in [2.75, 3.05) is 12.4 Å². The first-order valence-electron chi connectivity index (χ1n) is 8.07. The number of rotatable bonds is 4. The predicted molar refractivity (Wildman–Crippen MR) is 99.3 cm³/mol. The van der Waals surface area contributed by atoms with Crippen LogP contribution in [0.3, 0.4) is 0 Å². The summed E-state index contributed by atoms with van der Waals surface area (Å²) in [5.74, 6) is 0.466. The molecule has 0 aliphatic heterocycles. The number of ether oxygens (including phenoxy) is 1. The van der Waals surface area contributed by atoms with E-state index >= 15 is 0 Å². The molecule has 0 fully saturated rings. The molecule has 2 aromatic carbocycles. The maximum atomic E-state index is 12.6. The Bertz CT molecular complexity index is 974. The van der Waals surface area contributed by atoms with Crippen molar-refractivity contribution in [1.82, 2.24) is 4.57 Å². The van der Waals surface area contributed by atoms with Gasteiger partial charge in [0.05, 0.1) is 12.6 Å². The zero-order valence-electron chi connectivity index (χ0n) is 14.4. The van der Waals surface area contributed by atoms with Crippen molar-refractivity contribution in [2.24, 2.45) is 0 Å². The minimum absolute atomic E-state index is 0.186. The summed E-state index contributed by atoms with van der Waals surface area (Å²) in [6.45, 7) is 3.62. The molecule has 1 heterocycles. The zero-order chi connectivity index (χ0) is 18.0. The van der Waals surface area contributed by atoms with Gasteiger partial charge in [0, 0.05) is 17.1 Å². The summed E-state index contributed by atoms with van der Waals surface area (Å²) in [5, 5.41) is 3.81. The first-order chi connectivity index (χ1) is 12.0. The van der Waals surface area contributed by atoms with Gasteiger partial charge in [0.15, 0.2) is 0 Å². The summed E-state index contributed by atoms with van der Waals surface area (Å²) in [6.07, 6.45) is 0. The molecule has 5 heteroatoms. The standard InChI is InChI=1S/C20H20N2O3/c1-13-12-19(23)22(18-7-5-4-6-17(13)18)14(2)20(24)21-15-8-10-16(25-3)11-9-15/h4-12,14H,1-3H3,(H,21,24). The lowest BCUT2D eigenvalue weighted by Crippen LogP contribution is -2.31. The topological polar surface area (TPSA) is 60.3 Å². The molecule has 3 rings (SSSR count). The summed E-state index contributed by atoms with van der Waals surface area (Å²) >= 11 is 0. The van der Waals surface area contributed by atoms with Crippen molar-refractivity contribution in [3.63, 3.8) is 0 Å². The van der Waals surface area contributed by atoms with E-state index in [2.05, 4.69) is 5.32 Å². The van der Waals surface area contributed by atoms with Crippen LogP contribution in [0.15, 0.2) is 59.4 Å². The SMILES string of the molecule is COc1ccc(NC(=O)C(C)n2c(=O)cc(C)c3ccccc32)cc1. The second-order valence-corrected chi connectivity index (χ2v) is 5.95. The molecule has 0 saturated carbocycles. The molecule has 0 bridgehead atoms. The normalized spacial score (nSPS) is 12.0. The number of aromatic nitrogens is 1. The highest BCUT2D eigenvalue weighted by Crippen LogP contribution is 2.21. The molecule has 1 unspecified atom stereocenters. The van der Waals surface area contributed by atoms with E-state index < -0.39 is 6.04 Å². The third-order valence-corrected chi connectivity index (χ3v) is 4.29. The largest absolute Gasteiger partial charge is 0.497 e. The Morgan fingerprint density at radius 2 is 1.80 bits per heavy atom. The van der Waals surface area contributed by atoms with E-state index in [4.69, 9.17) is 4.74 Å². The smallest absolute Gasteiger partial charge is 0.252 e. The van der Waals surface area contributed by atoms with Gasteiger partial charge >= 0.3 is 0 Å². The molecule has 0 radical (unpaired) electrons. The minimum Gasteiger partial charge on any atom is -0.497 e. The molecule has 1 N–H and O–H groups in total. The van der Waals surface area contributed by atoms with Crippen LogP contribution >= 0.6 is 0 Å². The van der Waals surface area contributed by atoms with Crippen LogP contribution in [0.25, 0.3) is 10.9 Å². The van der Waals surface area contributed by atoms with Crippen LogP contribution in [0.1, 0.15) is 18.5 Å². The number of hydrogen-bond donors (Lipinski definition) is 1. The number of hydrogen-bond acceptors (Lipinski definition) is 3. The summed E-state index contributed by atoms with van der Waals surface area (Å²) in [4.78, 5) is 25.1. The van der Waals surface area contributed by atoms with E-state index in [1.165, 1.54) is 4.57 Å². The van der Waals surface area contributed by atoms with Gasteiger partial charge in [0.1, 0.15) is 11.8 Å². The summed E-state index contributed by atoms with van der Waals surface area (Å²) in [6, 6.07) is 15.6. The Kier molecular flexibility index (Phi) is 4.57. The van der Waals surface area contributed by atoms with E-state index in [1.807, 2.05) is 31.2 Å². The minimum atomic E-state index is -0.639. The number of para-hydroxylation sites is 1. The van der Waals surface area contributed by atoms with Gasteiger partial charge in [-0.05, 0) is 49.7 Å². The van der Waals surface area contributed by atoms with E-state index in [9.17, 15) is 9.59 Å². The monoisotopic (exact) mass is 336 g/mol. The number of methoxy groups -OCH3 is 1. The number of carbonyl (C=O) groups excluding carboxylic acids is 1. The van der Waals surface area contributed by atoms with E-state index in [-0.39, 0.29) is 11.5 Å². The fraction of sp³-hybridized carbons (Fsp3) is 0.200. The quantitative estimate of drug-likeness (QED) is 0.793. The van der Waals surface area contributed by atoms with Crippen molar-refractivity contribution in [3.05, 3.63) is 70.5 Å². The summed E-state index contributed by atoms with van der Waals surface area (Å²) < 4.78 is 6.64. The maximum absolute atomic E-state index is 12.6. The van der Waals surface area contributed by atoms with Gasteiger partial charge < -0.3 is 10.1 Å². The Morgan fingerprint density at radius 3 is 2.48 bits per heavy atom. The van der Waals surface area contributed by atoms with Gasteiger partial charge in [-0.1, -0.05) is 18.2 Å². The van der Waals surface area contributed by atoms with Crippen LogP contribution < -0.4 is 15.6 Å². The number of fused-ring (bicyclic) bond motifs is 1. The average Bonchev–Trinajstić information content (AvgIpc) is 2.62. The molecule has 0 spiro atoms.